The predicted octanol–water partition coefficient (Wildman–Crippen LogP) is 10.2. The smallest absolute Gasteiger partial charge is 0.160 e. The Bertz CT molecular complexity index is 326. The number of halogens is 13. The van der Waals surface area contributed by atoms with E-state index in [0.717, 1.165) is 0 Å². The zero-order chi connectivity index (χ0) is 16.1. The molecule has 0 aliphatic carbocycles. The fourth-order valence-electron chi connectivity index (χ4n) is 0.670. The summed E-state index contributed by atoms with van der Waals surface area (Å²) >= 11 is 33.3. The minimum absolute atomic E-state index is 0.0100. The van der Waals surface area contributed by atoms with Gasteiger partial charge >= 0.3 is 0 Å². The highest BCUT2D eigenvalue weighted by Crippen LogP contribution is 2.74. The maximum absolute atomic E-state index is 2.64. The third kappa shape index (κ3) is 6.72. The standard InChI is InChI=1S/C5I13N/c6-1(7,2(8,9)4(12,13)14)3(10,11)5(15,16)19(17)18. The number of rotatable bonds is 5. The molecule has 0 aromatic rings. The lowest BCUT2D eigenvalue weighted by Crippen LogP contribution is -2.60. The Morgan fingerprint density at radius 1 is 0.474 bits per heavy atom. The van der Waals surface area contributed by atoms with Crippen molar-refractivity contribution in [3.05, 3.63) is 0 Å². The number of alkyl halides is 11. The first-order valence-electron chi connectivity index (χ1n) is 3.64. The average Bonchev–Trinajstić information content (AvgIpc) is 2.14. The van der Waals surface area contributed by atoms with Crippen molar-refractivity contribution in [1.29, 1.82) is 0 Å². The average molecular weight is 1720 g/mol. The maximum Gasteiger partial charge on any atom is 0.168 e. The highest BCUT2D eigenvalue weighted by Gasteiger charge is 2.70. The highest BCUT2D eigenvalue weighted by molar-refractivity contribution is 14.3. The van der Waals surface area contributed by atoms with Crippen LogP contribution in [0.4, 0.5) is 0 Å². The first-order valence-corrected chi connectivity index (χ1v) is 17.4. The molecule has 0 aliphatic heterocycles. The second-order valence-corrected chi connectivity index (χ2v) is 38.9. The summed E-state index contributed by atoms with van der Waals surface area (Å²) in [6.45, 7) is 0. The molecule has 0 atom stereocenters. The van der Waals surface area contributed by atoms with Gasteiger partial charge in [0, 0.05) is 45.7 Å². The number of hydrogen-bond donors (Lipinski definition) is 0. The first-order chi connectivity index (χ1) is 7.94. The van der Waals surface area contributed by atoms with Gasteiger partial charge in [-0.15, -0.1) is 0 Å². The van der Waals surface area contributed by atoms with E-state index in [2.05, 4.69) is 296 Å². The molecule has 0 fully saturated rings. The lowest BCUT2D eigenvalue weighted by molar-refractivity contribution is 0.668. The van der Waals surface area contributed by atoms with Crippen LogP contribution in [-0.4, -0.2) is 6.60 Å². The van der Waals surface area contributed by atoms with Crippen molar-refractivity contribution in [2.75, 3.05) is 0 Å². The van der Waals surface area contributed by atoms with Crippen LogP contribution in [0.15, 0.2) is 0 Å². The molecule has 0 spiro atoms. The van der Waals surface area contributed by atoms with E-state index in [1.807, 2.05) is 0 Å². The largest absolute Gasteiger partial charge is 0.168 e. The van der Waals surface area contributed by atoms with Gasteiger partial charge in [-0.3, -0.25) is 0 Å². The lowest BCUT2D eigenvalue weighted by atomic mass is 10.2. The van der Waals surface area contributed by atoms with Crippen molar-refractivity contribution in [3.8, 4) is 0 Å². The second-order valence-electron chi connectivity index (χ2n) is 3.00. The van der Waals surface area contributed by atoms with Crippen LogP contribution in [0.5, 0.6) is 0 Å². The fourth-order valence-corrected chi connectivity index (χ4v) is 16.2. The molecule has 14 heteroatoms. The van der Waals surface area contributed by atoms with Gasteiger partial charge in [-0.25, -0.2) is 0 Å². The minimum Gasteiger partial charge on any atom is -0.160 e. The van der Waals surface area contributed by atoms with E-state index in [-0.39, 0.29) is 5.27 Å². The molecule has 1 nitrogen and oxygen atoms in total. The summed E-state index contributed by atoms with van der Waals surface area (Å²) in [7, 11) is 0. The van der Waals surface area contributed by atoms with Gasteiger partial charge in [-0.05, 0) is 45.2 Å². The quantitative estimate of drug-likeness (QED) is 0.115. The molecule has 0 aliphatic rings. The molecule has 0 aromatic carbocycles. The topological polar surface area (TPSA) is 3.24 Å². The van der Waals surface area contributed by atoms with Crippen molar-refractivity contribution < 1.29 is 0 Å². The second kappa shape index (κ2) is 10.7. The van der Waals surface area contributed by atoms with E-state index in [4.69, 9.17) is 0 Å². The molecule has 0 N–H and O–H groups in total. The van der Waals surface area contributed by atoms with Crippen LogP contribution in [0, 0.1) is 0 Å². The predicted molar refractivity (Wildman–Crippen MR) is 198 cm³/mol. The van der Waals surface area contributed by atoms with E-state index in [0.29, 0.717) is 0 Å². The van der Waals surface area contributed by atoms with Crippen LogP contribution < -0.4 is 0 Å². The molecule has 0 unspecified atom stereocenters. The van der Waals surface area contributed by atoms with Gasteiger partial charge in [0.05, 0.1) is 0 Å². The minimum atomic E-state index is -0.0100. The third-order valence-corrected chi connectivity index (χ3v) is 40.1. The molecule has 0 bridgehead atoms. The van der Waals surface area contributed by atoms with Crippen LogP contribution >= 0.6 is 294 Å². The van der Waals surface area contributed by atoms with Gasteiger partial charge < -0.3 is 0 Å². The normalized spacial score (nSPS) is 16.1. The summed E-state index contributed by atoms with van der Waals surface area (Å²) in [6, 6.07) is 0. The summed E-state index contributed by atoms with van der Waals surface area (Å²) in [5, 5.41) is 0. The Kier molecular flexibility index (Phi) is 16.0. The fraction of sp³-hybridized carbons (Fsp3) is 1.00. The van der Waals surface area contributed by atoms with Crippen molar-refractivity contribution in [3.63, 3.8) is 0 Å². The van der Waals surface area contributed by atoms with E-state index in [1.165, 1.54) is 0 Å². The van der Waals surface area contributed by atoms with Gasteiger partial charge in [0.1, 0.15) is 3.72 Å². The van der Waals surface area contributed by atoms with Crippen LogP contribution in [0.3, 0.4) is 0 Å². The number of hydrogen-bond acceptors (Lipinski definition) is 1. The summed E-state index contributed by atoms with van der Waals surface area (Å²) in [4.78, 5) is 0. The van der Waals surface area contributed by atoms with Gasteiger partial charge in [-0.2, -0.15) is 1.33 Å². The van der Waals surface area contributed by atoms with Crippen molar-refractivity contribution in [1.82, 2.24) is 1.33 Å². The molecule has 0 amide bonds. The number of nitrogens with zero attached hydrogens (tertiary/aromatic N) is 1. The maximum atomic E-state index is 2.64. The molecule has 0 radical (unpaired) electrons. The van der Waals surface area contributed by atoms with Crippen molar-refractivity contribution >= 4 is 294 Å². The Hall–Kier alpha value is 9.45. The Labute approximate surface area is 291 Å². The summed E-state index contributed by atoms with van der Waals surface area (Å²) in [6.07, 6.45) is 0. The SMILES string of the molecule is IN(I)C(I)(I)C(I)(I)C(I)(I)C(I)(I)C(I)(I)I. The molecule has 0 aromatic heterocycles. The molecular weight excluding hydrogens is 1720 g/mol. The van der Waals surface area contributed by atoms with E-state index in [1.54, 1.807) is 0 Å². The Morgan fingerprint density at radius 3 is 1.00 bits per heavy atom. The molecule has 0 heterocycles. The third-order valence-electron chi connectivity index (χ3n) is 1.73. The van der Waals surface area contributed by atoms with Gasteiger partial charge in [0.15, 0.2) is 1.55 Å². The summed E-state index contributed by atoms with van der Waals surface area (Å²) < 4.78 is 2.49. The Balaban J connectivity index is 5.92. The van der Waals surface area contributed by atoms with Gasteiger partial charge in [0.25, 0.3) is 0 Å². The molecule has 116 valence electrons. The van der Waals surface area contributed by atoms with Crippen molar-refractivity contribution in [2.24, 2.45) is 0 Å². The summed E-state index contributed by atoms with van der Waals surface area (Å²) in [5.74, 6) is 0. The molecule has 0 rings (SSSR count). The zero-order valence-corrected chi connectivity index (χ0v) is 35.9. The molecule has 19 heavy (non-hydrogen) atoms. The highest BCUT2D eigenvalue weighted by atomic mass is 127. The summed E-state index contributed by atoms with van der Waals surface area (Å²) in [5.41, 5.74) is 0. The molecular formula is C5I13N. The van der Waals surface area contributed by atoms with Crippen LogP contribution in [0.2, 0.25) is 0 Å². The Morgan fingerprint density at radius 2 is 0.789 bits per heavy atom. The van der Waals surface area contributed by atoms with E-state index in [9.17, 15) is 0 Å². The molecule has 0 saturated carbocycles. The van der Waals surface area contributed by atoms with Crippen LogP contribution in [0.25, 0.3) is 0 Å². The van der Waals surface area contributed by atoms with Crippen molar-refractivity contribution in [2.45, 2.75) is 5.27 Å². The first kappa shape index (κ1) is 28.5. The van der Waals surface area contributed by atoms with E-state index >= 15 is 0 Å². The van der Waals surface area contributed by atoms with Crippen LogP contribution in [-0.2, 0) is 0 Å². The van der Waals surface area contributed by atoms with Gasteiger partial charge in [-0.1, -0.05) is 203 Å². The van der Waals surface area contributed by atoms with E-state index < -0.39 is 0 Å². The lowest BCUT2D eigenvalue weighted by Gasteiger charge is -2.52. The zero-order valence-electron chi connectivity index (χ0n) is 7.86. The van der Waals surface area contributed by atoms with Gasteiger partial charge in [0.2, 0.25) is 0 Å². The molecule has 0 saturated heterocycles. The van der Waals surface area contributed by atoms with Crippen LogP contribution in [0.1, 0.15) is 0 Å². The monoisotopic (exact) mass is 1720 g/mol.